The molecule has 1 saturated heterocycles. The lowest BCUT2D eigenvalue weighted by molar-refractivity contribution is -0.132. The Labute approximate surface area is 215 Å². The number of aryl methyl sites for hydroxylation is 1. The van der Waals surface area contributed by atoms with Crippen molar-refractivity contribution in [1.29, 1.82) is 0 Å². The Morgan fingerprint density at radius 1 is 1.08 bits per heavy atom. The van der Waals surface area contributed by atoms with E-state index >= 15 is 0 Å². The number of ketones is 1. The number of anilines is 1. The number of amides is 1. The molecule has 7 heteroatoms. The van der Waals surface area contributed by atoms with Crippen LogP contribution < -0.4 is 19.1 Å². The van der Waals surface area contributed by atoms with Crippen molar-refractivity contribution in [3.05, 3.63) is 88.0 Å². The summed E-state index contributed by atoms with van der Waals surface area (Å²) in [5.41, 5.74) is 4.54. The zero-order chi connectivity index (χ0) is 26.3. The summed E-state index contributed by atoms with van der Waals surface area (Å²) in [6.07, 6.45) is 0.715. The highest BCUT2D eigenvalue weighted by atomic mass is 16.5. The van der Waals surface area contributed by atoms with E-state index in [1.54, 1.807) is 37.4 Å². The first-order valence-electron chi connectivity index (χ1n) is 12.3. The van der Waals surface area contributed by atoms with Gasteiger partial charge in [0.05, 0.1) is 31.9 Å². The molecule has 2 aliphatic rings. The van der Waals surface area contributed by atoms with E-state index in [9.17, 15) is 14.7 Å². The van der Waals surface area contributed by atoms with Crippen LogP contribution in [-0.2, 0) is 16.0 Å². The number of hydrogen-bond acceptors (Lipinski definition) is 6. The lowest BCUT2D eigenvalue weighted by atomic mass is 9.93. The van der Waals surface area contributed by atoms with Crippen molar-refractivity contribution < 1.29 is 28.9 Å². The lowest BCUT2D eigenvalue weighted by Crippen LogP contribution is -2.30. The first kappa shape index (κ1) is 24.4. The molecule has 37 heavy (non-hydrogen) atoms. The maximum absolute atomic E-state index is 13.6. The highest BCUT2D eigenvalue weighted by Crippen LogP contribution is 2.45. The second-order valence-corrected chi connectivity index (χ2v) is 9.15. The number of methoxy groups -OCH3 is 1. The van der Waals surface area contributed by atoms with Crippen LogP contribution in [0.3, 0.4) is 0 Å². The van der Waals surface area contributed by atoms with E-state index in [-0.39, 0.29) is 11.3 Å². The highest BCUT2D eigenvalue weighted by Gasteiger charge is 2.47. The minimum absolute atomic E-state index is 0.0254. The van der Waals surface area contributed by atoms with E-state index < -0.39 is 17.7 Å². The third-order valence-electron chi connectivity index (χ3n) is 7.05. The Bertz CT molecular complexity index is 1440. The minimum atomic E-state index is -0.866. The van der Waals surface area contributed by atoms with Gasteiger partial charge in [0.15, 0.2) is 11.5 Å². The summed E-state index contributed by atoms with van der Waals surface area (Å²) in [7, 11) is 1.55. The lowest BCUT2D eigenvalue weighted by Gasteiger charge is -2.28. The number of aliphatic hydroxyl groups is 1. The Kier molecular flexibility index (Phi) is 6.38. The van der Waals surface area contributed by atoms with Gasteiger partial charge in [-0.05, 0) is 79.4 Å². The fraction of sp³-hybridized carbons (Fsp3) is 0.267. The molecule has 2 aliphatic heterocycles. The topological polar surface area (TPSA) is 85.3 Å². The zero-order valence-electron chi connectivity index (χ0n) is 21.3. The molecule has 2 heterocycles. The van der Waals surface area contributed by atoms with Gasteiger partial charge in [-0.1, -0.05) is 18.2 Å². The van der Waals surface area contributed by atoms with E-state index in [2.05, 4.69) is 0 Å². The third-order valence-corrected chi connectivity index (χ3v) is 7.05. The average Bonchev–Trinajstić information content (AvgIpc) is 3.47. The number of rotatable bonds is 6. The molecule has 3 aromatic carbocycles. The first-order chi connectivity index (χ1) is 17.8. The molecule has 1 atom stereocenters. The predicted molar refractivity (Wildman–Crippen MR) is 141 cm³/mol. The summed E-state index contributed by atoms with van der Waals surface area (Å²) in [4.78, 5) is 28.6. The molecule has 0 aliphatic carbocycles. The monoisotopic (exact) mass is 499 g/mol. The van der Waals surface area contributed by atoms with Crippen molar-refractivity contribution in [3.8, 4) is 17.2 Å². The fourth-order valence-electron chi connectivity index (χ4n) is 5.01. The zero-order valence-corrected chi connectivity index (χ0v) is 21.3. The molecule has 7 nitrogen and oxygen atoms in total. The van der Waals surface area contributed by atoms with Crippen molar-refractivity contribution in [1.82, 2.24) is 0 Å². The van der Waals surface area contributed by atoms with Crippen LogP contribution >= 0.6 is 0 Å². The SMILES string of the molecule is CCOc1cc(C2/C(=C(\O)c3ccc4c(c3)CCO4)C(=O)C(=O)N2c2cccc(C)c2C)ccc1OC. The molecule has 0 radical (unpaired) electrons. The number of hydrogen-bond donors (Lipinski definition) is 1. The molecular formula is C30H29NO6. The summed E-state index contributed by atoms with van der Waals surface area (Å²) in [6.45, 7) is 6.72. The number of fused-ring (bicyclic) bond motifs is 1. The number of nitrogens with zero attached hydrogens (tertiary/aromatic N) is 1. The van der Waals surface area contributed by atoms with Gasteiger partial charge in [0.25, 0.3) is 11.7 Å². The van der Waals surface area contributed by atoms with E-state index in [4.69, 9.17) is 14.2 Å². The van der Waals surface area contributed by atoms with Crippen LogP contribution in [0.1, 0.15) is 40.8 Å². The van der Waals surface area contributed by atoms with Crippen molar-refractivity contribution >= 4 is 23.1 Å². The maximum atomic E-state index is 13.6. The molecule has 5 rings (SSSR count). The van der Waals surface area contributed by atoms with Crippen LogP contribution in [0.5, 0.6) is 17.2 Å². The summed E-state index contributed by atoms with van der Waals surface area (Å²) < 4.78 is 16.8. The van der Waals surface area contributed by atoms with Crippen molar-refractivity contribution in [2.75, 3.05) is 25.2 Å². The summed E-state index contributed by atoms with van der Waals surface area (Å²) in [5.74, 6) is 0.129. The molecule has 0 saturated carbocycles. The molecule has 0 bridgehead atoms. The molecular weight excluding hydrogens is 470 g/mol. The Hall–Kier alpha value is -4.26. The number of aliphatic hydroxyl groups excluding tert-OH is 1. The fourth-order valence-corrected chi connectivity index (χ4v) is 5.01. The number of carbonyl (C=O) groups excluding carboxylic acids is 2. The van der Waals surface area contributed by atoms with Gasteiger partial charge in [-0.15, -0.1) is 0 Å². The van der Waals surface area contributed by atoms with Gasteiger partial charge in [0, 0.05) is 17.7 Å². The van der Waals surface area contributed by atoms with Crippen LogP contribution in [0.4, 0.5) is 5.69 Å². The second-order valence-electron chi connectivity index (χ2n) is 9.15. The average molecular weight is 500 g/mol. The molecule has 1 N–H and O–H groups in total. The number of ether oxygens (including phenoxy) is 3. The van der Waals surface area contributed by atoms with Crippen LogP contribution in [0, 0.1) is 13.8 Å². The summed E-state index contributed by atoms with van der Waals surface area (Å²) in [5, 5.41) is 11.5. The van der Waals surface area contributed by atoms with Gasteiger partial charge in [-0.2, -0.15) is 0 Å². The standard InChI is InChI=1S/C30H29NO6/c1-5-36-25-16-20(9-12-24(25)35-4)27-26(28(32)21-10-11-23-19(15-21)13-14-37-23)29(33)30(34)31(27)22-8-6-7-17(2)18(22)3/h6-12,15-16,27,32H,5,13-14H2,1-4H3/b28-26+. The van der Waals surface area contributed by atoms with E-state index in [0.29, 0.717) is 47.9 Å². The smallest absolute Gasteiger partial charge is 0.300 e. The Morgan fingerprint density at radius 3 is 2.65 bits per heavy atom. The quantitative estimate of drug-likeness (QED) is 0.283. The van der Waals surface area contributed by atoms with Crippen LogP contribution in [0.15, 0.2) is 60.2 Å². The molecule has 0 spiro atoms. The first-order valence-corrected chi connectivity index (χ1v) is 12.3. The van der Waals surface area contributed by atoms with E-state index in [1.807, 2.05) is 45.0 Å². The van der Waals surface area contributed by atoms with Gasteiger partial charge in [0.1, 0.15) is 11.5 Å². The van der Waals surface area contributed by atoms with Gasteiger partial charge < -0.3 is 19.3 Å². The third kappa shape index (κ3) is 4.10. The van der Waals surface area contributed by atoms with Gasteiger partial charge >= 0.3 is 0 Å². The number of Topliss-reactive ketones (excluding diaryl/α,β-unsaturated/α-hetero) is 1. The number of benzene rings is 3. The van der Waals surface area contributed by atoms with E-state index in [0.717, 1.165) is 22.4 Å². The van der Waals surface area contributed by atoms with Gasteiger partial charge in [0.2, 0.25) is 0 Å². The molecule has 3 aromatic rings. The largest absolute Gasteiger partial charge is 0.507 e. The second kappa shape index (κ2) is 9.65. The maximum Gasteiger partial charge on any atom is 0.300 e. The highest BCUT2D eigenvalue weighted by molar-refractivity contribution is 6.51. The molecule has 190 valence electrons. The molecule has 1 unspecified atom stereocenters. The van der Waals surface area contributed by atoms with Gasteiger partial charge in [-0.25, -0.2) is 0 Å². The Morgan fingerprint density at radius 2 is 1.89 bits per heavy atom. The molecule has 1 amide bonds. The molecule has 1 fully saturated rings. The van der Waals surface area contributed by atoms with Gasteiger partial charge in [-0.3, -0.25) is 14.5 Å². The van der Waals surface area contributed by atoms with Crippen LogP contribution in [0.2, 0.25) is 0 Å². The summed E-state index contributed by atoms with van der Waals surface area (Å²) in [6, 6.07) is 15.4. The summed E-state index contributed by atoms with van der Waals surface area (Å²) >= 11 is 0. The minimum Gasteiger partial charge on any atom is -0.507 e. The molecule has 0 aromatic heterocycles. The predicted octanol–water partition coefficient (Wildman–Crippen LogP) is 5.27. The van der Waals surface area contributed by atoms with Crippen molar-refractivity contribution in [2.24, 2.45) is 0 Å². The van der Waals surface area contributed by atoms with Crippen molar-refractivity contribution in [2.45, 2.75) is 33.2 Å². The van der Waals surface area contributed by atoms with Crippen molar-refractivity contribution in [3.63, 3.8) is 0 Å². The van der Waals surface area contributed by atoms with Crippen LogP contribution in [-0.4, -0.2) is 37.1 Å². The normalized spacial score (nSPS) is 18.1. The van der Waals surface area contributed by atoms with Crippen LogP contribution in [0.25, 0.3) is 5.76 Å². The van der Waals surface area contributed by atoms with E-state index in [1.165, 1.54) is 4.90 Å². The number of carbonyl (C=O) groups is 2. The Balaban J connectivity index is 1.74.